The summed E-state index contributed by atoms with van der Waals surface area (Å²) in [5, 5.41) is 5.30. The van der Waals surface area contributed by atoms with E-state index in [1.165, 1.54) is 19.1 Å². The average molecular weight is 452 g/mol. The van der Waals surface area contributed by atoms with Crippen LogP contribution in [0.5, 0.6) is 0 Å². The Bertz CT molecular complexity index is 1380. The summed E-state index contributed by atoms with van der Waals surface area (Å²) in [6, 6.07) is 13.2. The van der Waals surface area contributed by atoms with Gasteiger partial charge >= 0.3 is 6.18 Å². The molecule has 0 atom stereocenters. The fraction of sp³-hybridized carbons (Fsp3) is 0.125. The quantitative estimate of drug-likeness (QED) is 0.427. The third-order valence-electron chi connectivity index (χ3n) is 5.01. The standard InChI is InChI=1S/C24H19F3N4O2/c1-14-6-8-19(29-23(33)16-4-3-5-18(10-16)24(25,26)27)11-20(14)17-7-9-22-30-21(28-15(2)32)13-31(22)12-17/h3-13H,1-2H3,(H,28,32)(H,29,33). The van der Waals surface area contributed by atoms with Gasteiger partial charge in [-0.25, -0.2) is 4.98 Å². The van der Waals surface area contributed by atoms with Crippen molar-refractivity contribution in [2.24, 2.45) is 0 Å². The number of alkyl halides is 3. The van der Waals surface area contributed by atoms with Crippen molar-refractivity contribution in [2.45, 2.75) is 20.0 Å². The number of benzene rings is 2. The molecule has 0 aliphatic rings. The highest BCUT2D eigenvalue weighted by Gasteiger charge is 2.30. The molecule has 6 nitrogen and oxygen atoms in total. The zero-order valence-electron chi connectivity index (χ0n) is 17.7. The van der Waals surface area contributed by atoms with Crippen LogP contribution < -0.4 is 10.6 Å². The maximum absolute atomic E-state index is 13.0. The summed E-state index contributed by atoms with van der Waals surface area (Å²) in [6.45, 7) is 3.31. The van der Waals surface area contributed by atoms with Crippen molar-refractivity contribution in [2.75, 3.05) is 10.6 Å². The molecule has 0 fully saturated rings. The van der Waals surface area contributed by atoms with Crippen molar-refractivity contribution < 1.29 is 22.8 Å². The van der Waals surface area contributed by atoms with Crippen LogP contribution in [0.15, 0.2) is 67.0 Å². The first-order chi connectivity index (χ1) is 15.6. The molecule has 0 saturated heterocycles. The Morgan fingerprint density at radius 3 is 2.48 bits per heavy atom. The normalized spacial score (nSPS) is 11.4. The van der Waals surface area contributed by atoms with Crippen LogP contribution in [0.3, 0.4) is 0 Å². The van der Waals surface area contributed by atoms with Crippen LogP contribution in [0.4, 0.5) is 24.7 Å². The summed E-state index contributed by atoms with van der Waals surface area (Å²) in [7, 11) is 0. The maximum Gasteiger partial charge on any atom is 0.416 e. The number of hydrogen-bond donors (Lipinski definition) is 2. The Hall–Kier alpha value is -4.14. The molecule has 33 heavy (non-hydrogen) atoms. The molecule has 0 bridgehead atoms. The minimum absolute atomic E-state index is 0.0858. The second kappa shape index (κ2) is 8.42. The van der Waals surface area contributed by atoms with Crippen LogP contribution in [0.25, 0.3) is 16.8 Å². The fourth-order valence-electron chi connectivity index (χ4n) is 3.44. The summed E-state index contributed by atoms with van der Waals surface area (Å²) in [5.74, 6) is -0.432. The van der Waals surface area contributed by atoms with Gasteiger partial charge in [0.2, 0.25) is 5.91 Å². The van der Waals surface area contributed by atoms with E-state index in [9.17, 15) is 22.8 Å². The first kappa shape index (κ1) is 22.1. The zero-order chi connectivity index (χ0) is 23.8. The van der Waals surface area contributed by atoms with E-state index < -0.39 is 17.6 Å². The topological polar surface area (TPSA) is 75.5 Å². The SMILES string of the molecule is CC(=O)Nc1cn2cc(-c3cc(NC(=O)c4cccc(C(F)(F)F)c4)ccc3C)ccc2n1. The van der Waals surface area contributed by atoms with E-state index in [0.717, 1.165) is 28.8 Å². The van der Waals surface area contributed by atoms with E-state index in [1.54, 1.807) is 28.8 Å². The zero-order valence-corrected chi connectivity index (χ0v) is 17.7. The number of pyridine rings is 1. The van der Waals surface area contributed by atoms with Gasteiger partial charge in [0, 0.05) is 24.4 Å². The summed E-state index contributed by atoms with van der Waals surface area (Å²) in [4.78, 5) is 28.2. The number of halogens is 3. The van der Waals surface area contributed by atoms with Crippen LogP contribution in [0.1, 0.15) is 28.4 Å². The summed E-state index contributed by atoms with van der Waals surface area (Å²) in [5.41, 5.74) is 2.73. The third-order valence-corrected chi connectivity index (χ3v) is 5.01. The van der Waals surface area contributed by atoms with Gasteiger partial charge in [0.15, 0.2) is 5.82 Å². The first-order valence-corrected chi connectivity index (χ1v) is 9.96. The van der Waals surface area contributed by atoms with Gasteiger partial charge in [0.25, 0.3) is 5.91 Å². The predicted octanol–water partition coefficient (Wildman–Crippen LogP) is 5.54. The Morgan fingerprint density at radius 2 is 1.76 bits per heavy atom. The second-order valence-electron chi connectivity index (χ2n) is 7.55. The van der Waals surface area contributed by atoms with Gasteiger partial charge < -0.3 is 15.0 Å². The lowest BCUT2D eigenvalue weighted by atomic mass is 10.0. The molecule has 0 unspecified atom stereocenters. The van der Waals surface area contributed by atoms with E-state index in [2.05, 4.69) is 15.6 Å². The fourth-order valence-corrected chi connectivity index (χ4v) is 3.44. The van der Waals surface area contributed by atoms with Gasteiger partial charge in [-0.2, -0.15) is 13.2 Å². The molecule has 0 radical (unpaired) electrons. The van der Waals surface area contributed by atoms with E-state index in [1.807, 2.05) is 25.3 Å². The number of nitrogens with zero attached hydrogens (tertiary/aromatic N) is 2. The van der Waals surface area contributed by atoms with Gasteiger partial charge in [-0.1, -0.05) is 12.1 Å². The third kappa shape index (κ3) is 4.87. The molecule has 2 N–H and O–H groups in total. The van der Waals surface area contributed by atoms with E-state index in [0.29, 0.717) is 17.2 Å². The lowest BCUT2D eigenvalue weighted by Gasteiger charge is -2.12. The van der Waals surface area contributed by atoms with E-state index in [4.69, 9.17) is 0 Å². The van der Waals surface area contributed by atoms with Crippen molar-refractivity contribution in [1.82, 2.24) is 9.38 Å². The smallest absolute Gasteiger partial charge is 0.322 e. The predicted molar refractivity (Wildman–Crippen MR) is 119 cm³/mol. The van der Waals surface area contributed by atoms with Crippen molar-refractivity contribution in [3.8, 4) is 11.1 Å². The summed E-state index contributed by atoms with van der Waals surface area (Å²) < 4.78 is 40.6. The summed E-state index contributed by atoms with van der Waals surface area (Å²) in [6.07, 6.45) is -0.998. The molecule has 2 heterocycles. The Morgan fingerprint density at radius 1 is 0.970 bits per heavy atom. The number of aromatic nitrogens is 2. The molecular weight excluding hydrogens is 433 g/mol. The van der Waals surface area contributed by atoms with Crippen LogP contribution in [0, 0.1) is 6.92 Å². The van der Waals surface area contributed by atoms with E-state index >= 15 is 0 Å². The van der Waals surface area contributed by atoms with Gasteiger partial charge in [0.05, 0.1) is 11.8 Å². The number of nitrogens with one attached hydrogen (secondary N) is 2. The molecule has 9 heteroatoms. The van der Waals surface area contributed by atoms with Crippen molar-refractivity contribution in [3.63, 3.8) is 0 Å². The van der Waals surface area contributed by atoms with Crippen molar-refractivity contribution in [1.29, 1.82) is 0 Å². The molecule has 0 aliphatic carbocycles. The molecule has 2 aromatic carbocycles. The van der Waals surface area contributed by atoms with Crippen LogP contribution in [-0.2, 0) is 11.0 Å². The highest BCUT2D eigenvalue weighted by molar-refractivity contribution is 6.04. The summed E-state index contributed by atoms with van der Waals surface area (Å²) >= 11 is 0. The molecule has 168 valence electrons. The molecular formula is C24H19F3N4O2. The number of amides is 2. The Labute approximate surface area is 187 Å². The van der Waals surface area contributed by atoms with Crippen LogP contribution in [-0.4, -0.2) is 21.2 Å². The number of hydrogen-bond acceptors (Lipinski definition) is 3. The molecule has 0 spiro atoms. The Kier molecular flexibility index (Phi) is 5.63. The average Bonchev–Trinajstić information content (AvgIpc) is 3.15. The van der Waals surface area contributed by atoms with Gasteiger partial charge in [-0.05, 0) is 66.1 Å². The molecule has 0 saturated carbocycles. The van der Waals surface area contributed by atoms with Gasteiger partial charge in [-0.15, -0.1) is 0 Å². The minimum Gasteiger partial charge on any atom is -0.322 e. The number of carbonyl (C=O) groups is 2. The lowest BCUT2D eigenvalue weighted by Crippen LogP contribution is -2.14. The molecule has 4 rings (SSSR count). The maximum atomic E-state index is 13.0. The van der Waals surface area contributed by atoms with Gasteiger partial charge in [0.1, 0.15) is 5.65 Å². The first-order valence-electron chi connectivity index (χ1n) is 9.96. The number of aryl methyl sites for hydroxylation is 1. The highest BCUT2D eigenvalue weighted by atomic mass is 19.4. The molecule has 0 aliphatic heterocycles. The number of rotatable bonds is 4. The number of anilines is 2. The lowest BCUT2D eigenvalue weighted by molar-refractivity contribution is -0.137. The largest absolute Gasteiger partial charge is 0.416 e. The number of imidazole rings is 1. The van der Waals surface area contributed by atoms with Crippen molar-refractivity contribution in [3.05, 3.63) is 83.7 Å². The molecule has 4 aromatic rings. The minimum atomic E-state index is -4.53. The monoisotopic (exact) mass is 452 g/mol. The second-order valence-corrected chi connectivity index (χ2v) is 7.55. The van der Waals surface area contributed by atoms with Gasteiger partial charge in [-0.3, -0.25) is 9.59 Å². The molecule has 2 amide bonds. The van der Waals surface area contributed by atoms with Crippen LogP contribution in [0.2, 0.25) is 0 Å². The van der Waals surface area contributed by atoms with Crippen molar-refractivity contribution >= 4 is 29.0 Å². The number of carbonyl (C=O) groups excluding carboxylic acids is 2. The van der Waals surface area contributed by atoms with E-state index in [-0.39, 0.29) is 11.5 Å². The van der Waals surface area contributed by atoms with Crippen LogP contribution >= 0.6 is 0 Å². The number of fused-ring (bicyclic) bond motifs is 1. The highest BCUT2D eigenvalue weighted by Crippen LogP contribution is 2.30. The Balaban J connectivity index is 1.62. The molecule has 2 aromatic heterocycles.